The van der Waals surface area contributed by atoms with Crippen LogP contribution in [0.25, 0.3) is 0 Å². The van der Waals surface area contributed by atoms with Crippen LogP contribution in [0.3, 0.4) is 0 Å². The van der Waals surface area contributed by atoms with Gasteiger partial charge in [0.15, 0.2) is 6.61 Å². The van der Waals surface area contributed by atoms with Gasteiger partial charge in [-0.15, -0.1) is 0 Å². The summed E-state index contributed by atoms with van der Waals surface area (Å²) in [5.74, 6) is -0.938. The van der Waals surface area contributed by atoms with Gasteiger partial charge in [-0.1, -0.05) is 6.07 Å². The molecular formula is C9H5F3N2O3. The molecule has 0 bridgehead atoms. The zero-order valence-corrected chi connectivity index (χ0v) is 8.19. The standard InChI is InChI=1S/C9H5F3N2O3/c10-9(11,12)6-2-1-3-7(14(15)16)8(6)17-5-4-13/h1-3H,5H2. The fourth-order valence-electron chi connectivity index (χ4n) is 1.15. The summed E-state index contributed by atoms with van der Waals surface area (Å²) in [6, 6.07) is 3.88. The van der Waals surface area contributed by atoms with E-state index >= 15 is 0 Å². The van der Waals surface area contributed by atoms with Crippen molar-refractivity contribution in [1.82, 2.24) is 0 Å². The van der Waals surface area contributed by atoms with E-state index in [2.05, 4.69) is 4.74 Å². The number of halogens is 3. The number of ether oxygens (including phenoxy) is 1. The minimum atomic E-state index is -4.78. The summed E-state index contributed by atoms with van der Waals surface area (Å²) in [6.07, 6.45) is -4.78. The van der Waals surface area contributed by atoms with Crippen LogP contribution >= 0.6 is 0 Å². The second-order valence-electron chi connectivity index (χ2n) is 2.86. The first kappa shape index (κ1) is 12.8. The van der Waals surface area contributed by atoms with Gasteiger partial charge in [0, 0.05) is 6.07 Å². The third-order valence-electron chi connectivity index (χ3n) is 1.78. The Kier molecular flexibility index (Phi) is 3.52. The van der Waals surface area contributed by atoms with Gasteiger partial charge in [0.2, 0.25) is 5.75 Å². The summed E-state index contributed by atoms with van der Waals surface area (Å²) in [7, 11) is 0. The van der Waals surface area contributed by atoms with E-state index in [1.165, 1.54) is 6.07 Å². The third kappa shape index (κ3) is 2.84. The number of hydrogen-bond donors (Lipinski definition) is 0. The van der Waals surface area contributed by atoms with Crippen LogP contribution in [-0.4, -0.2) is 11.5 Å². The molecule has 1 rings (SSSR count). The van der Waals surface area contributed by atoms with Crippen molar-refractivity contribution >= 4 is 5.69 Å². The lowest BCUT2D eigenvalue weighted by Gasteiger charge is -2.11. The molecule has 0 aliphatic carbocycles. The lowest BCUT2D eigenvalue weighted by molar-refractivity contribution is -0.386. The number of hydrogen-bond acceptors (Lipinski definition) is 4. The first-order chi connectivity index (χ1) is 7.88. The van der Waals surface area contributed by atoms with Gasteiger partial charge in [0.05, 0.1) is 4.92 Å². The smallest absolute Gasteiger partial charge is 0.420 e. The van der Waals surface area contributed by atoms with Crippen molar-refractivity contribution in [1.29, 1.82) is 5.26 Å². The molecule has 17 heavy (non-hydrogen) atoms. The summed E-state index contributed by atoms with van der Waals surface area (Å²) in [4.78, 5) is 9.54. The molecule has 0 atom stereocenters. The topological polar surface area (TPSA) is 76.2 Å². The van der Waals surface area contributed by atoms with E-state index in [-0.39, 0.29) is 0 Å². The molecule has 5 nitrogen and oxygen atoms in total. The number of nitrogens with zero attached hydrogens (tertiary/aromatic N) is 2. The Morgan fingerprint density at radius 1 is 1.47 bits per heavy atom. The fourth-order valence-corrected chi connectivity index (χ4v) is 1.15. The summed E-state index contributed by atoms with van der Waals surface area (Å²) in [5, 5.41) is 18.8. The van der Waals surface area contributed by atoms with E-state index in [4.69, 9.17) is 5.26 Å². The molecule has 8 heteroatoms. The Balaban J connectivity index is 3.35. The number of nitro benzene ring substituents is 1. The summed E-state index contributed by atoms with van der Waals surface area (Å²) in [5.41, 5.74) is -2.10. The molecule has 0 unspecified atom stereocenters. The molecule has 0 fully saturated rings. The van der Waals surface area contributed by atoms with Gasteiger partial charge in [-0.3, -0.25) is 10.1 Å². The molecule has 1 aromatic rings. The van der Waals surface area contributed by atoms with Gasteiger partial charge in [0.25, 0.3) is 0 Å². The summed E-state index contributed by atoms with van der Waals surface area (Å²) >= 11 is 0. The van der Waals surface area contributed by atoms with Gasteiger partial charge in [0.1, 0.15) is 11.6 Å². The fraction of sp³-hybridized carbons (Fsp3) is 0.222. The van der Waals surface area contributed by atoms with E-state index < -0.39 is 34.7 Å². The molecule has 0 heterocycles. The molecule has 0 aromatic heterocycles. The van der Waals surface area contributed by atoms with Crippen molar-refractivity contribution in [3.8, 4) is 11.8 Å². The number of nitriles is 1. The summed E-state index contributed by atoms with van der Waals surface area (Å²) in [6.45, 7) is -0.700. The lowest BCUT2D eigenvalue weighted by atomic mass is 10.1. The van der Waals surface area contributed by atoms with Crippen LogP contribution in [0, 0.1) is 21.4 Å². The molecule has 0 saturated carbocycles. The summed E-state index contributed by atoms with van der Waals surface area (Å²) < 4.78 is 42.1. The van der Waals surface area contributed by atoms with Crippen LogP contribution in [0.5, 0.6) is 5.75 Å². The van der Waals surface area contributed by atoms with Crippen LogP contribution in [0.15, 0.2) is 18.2 Å². The zero-order chi connectivity index (χ0) is 13.1. The van der Waals surface area contributed by atoms with Crippen LogP contribution in [0.4, 0.5) is 18.9 Å². The SMILES string of the molecule is N#CCOc1c([N+](=O)[O-])cccc1C(F)(F)F. The van der Waals surface area contributed by atoms with Crippen molar-refractivity contribution in [2.24, 2.45) is 0 Å². The van der Waals surface area contributed by atoms with Crippen molar-refractivity contribution in [2.45, 2.75) is 6.18 Å². The van der Waals surface area contributed by atoms with E-state index in [0.29, 0.717) is 6.07 Å². The van der Waals surface area contributed by atoms with Crippen LogP contribution in [-0.2, 0) is 6.18 Å². The van der Waals surface area contributed by atoms with E-state index in [1.54, 1.807) is 0 Å². The average molecular weight is 246 g/mol. The number of benzene rings is 1. The molecule has 0 radical (unpaired) electrons. The highest BCUT2D eigenvalue weighted by Gasteiger charge is 2.37. The quantitative estimate of drug-likeness (QED) is 0.606. The highest BCUT2D eigenvalue weighted by molar-refractivity contribution is 5.53. The lowest BCUT2D eigenvalue weighted by Crippen LogP contribution is -2.10. The number of alkyl halides is 3. The second-order valence-corrected chi connectivity index (χ2v) is 2.86. The molecule has 0 spiro atoms. The second kappa shape index (κ2) is 4.69. The zero-order valence-electron chi connectivity index (χ0n) is 8.19. The normalized spacial score (nSPS) is 10.7. The first-order valence-corrected chi connectivity index (χ1v) is 4.22. The predicted octanol–water partition coefficient (Wildman–Crippen LogP) is 2.52. The van der Waals surface area contributed by atoms with Crippen molar-refractivity contribution in [3.05, 3.63) is 33.9 Å². The third-order valence-corrected chi connectivity index (χ3v) is 1.78. The molecule has 1 aromatic carbocycles. The average Bonchev–Trinajstić information content (AvgIpc) is 2.24. The van der Waals surface area contributed by atoms with Crippen molar-refractivity contribution in [3.63, 3.8) is 0 Å². The number of rotatable bonds is 3. The van der Waals surface area contributed by atoms with E-state index in [0.717, 1.165) is 12.1 Å². The highest BCUT2D eigenvalue weighted by atomic mass is 19.4. The van der Waals surface area contributed by atoms with Crippen LogP contribution in [0.1, 0.15) is 5.56 Å². The molecule has 0 aliphatic rings. The molecule has 0 saturated heterocycles. The van der Waals surface area contributed by atoms with Gasteiger partial charge in [-0.2, -0.15) is 18.4 Å². The Labute approximate surface area is 93.2 Å². The van der Waals surface area contributed by atoms with E-state index in [1.807, 2.05) is 0 Å². The number of nitro groups is 1. The Bertz CT molecular complexity index is 479. The maximum atomic E-state index is 12.5. The molecule has 0 aliphatic heterocycles. The Hall–Kier alpha value is -2.30. The molecule has 90 valence electrons. The maximum absolute atomic E-state index is 12.5. The van der Waals surface area contributed by atoms with Crippen LogP contribution < -0.4 is 4.74 Å². The van der Waals surface area contributed by atoms with Crippen LogP contribution in [0.2, 0.25) is 0 Å². The molecule has 0 N–H and O–H groups in total. The minimum absolute atomic E-state index is 0.652. The highest BCUT2D eigenvalue weighted by Crippen LogP contribution is 2.41. The van der Waals surface area contributed by atoms with Gasteiger partial charge < -0.3 is 4.74 Å². The molecular weight excluding hydrogens is 241 g/mol. The van der Waals surface area contributed by atoms with Gasteiger partial charge >= 0.3 is 11.9 Å². The Morgan fingerprint density at radius 2 is 2.12 bits per heavy atom. The maximum Gasteiger partial charge on any atom is 0.420 e. The number of para-hydroxylation sites is 1. The van der Waals surface area contributed by atoms with Crippen molar-refractivity contribution in [2.75, 3.05) is 6.61 Å². The monoisotopic (exact) mass is 246 g/mol. The van der Waals surface area contributed by atoms with Gasteiger partial charge in [-0.05, 0) is 6.07 Å². The van der Waals surface area contributed by atoms with Gasteiger partial charge in [-0.25, -0.2) is 0 Å². The predicted molar refractivity (Wildman–Crippen MR) is 49.2 cm³/mol. The first-order valence-electron chi connectivity index (χ1n) is 4.22. The largest absolute Gasteiger partial charge is 0.471 e. The van der Waals surface area contributed by atoms with Crippen molar-refractivity contribution < 1.29 is 22.8 Å². The Morgan fingerprint density at radius 3 is 2.59 bits per heavy atom. The minimum Gasteiger partial charge on any atom is -0.471 e. The van der Waals surface area contributed by atoms with E-state index in [9.17, 15) is 23.3 Å². The molecule has 0 amide bonds.